The molecule has 0 unspecified atom stereocenters. The lowest BCUT2D eigenvalue weighted by atomic mass is 9.70. The molecule has 0 amide bonds. The molecule has 1 N–H and O–H groups in total. The molecule has 2 aromatic heterocycles. The molecule has 4 heterocycles. The molecule has 3 atom stereocenters. The van der Waals surface area contributed by atoms with Crippen LogP contribution in [0.15, 0.2) is 61.4 Å². The molecule has 7 heteroatoms. The Bertz CT molecular complexity index is 1380. The van der Waals surface area contributed by atoms with E-state index in [-0.39, 0.29) is 23.6 Å². The van der Waals surface area contributed by atoms with Gasteiger partial charge in [-0.05, 0) is 93.3 Å². The molecular formula is C33H41FN4O2. The number of piperidine rings is 1. The van der Waals surface area contributed by atoms with E-state index < -0.39 is 11.5 Å². The van der Waals surface area contributed by atoms with Gasteiger partial charge in [-0.15, -0.1) is 6.58 Å². The first-order valence-electron chi connectivity index (χ1n) is 14.9. The number of imidazole rings is 1. The van der Waals surface area contributed by atoms with Crippen LogP contribution in [0, 0.1) is 17.7 Å². The molecule has 1 aliphatic carbocycles. The van der Waals surface area contributed by atoms with Gasteiger partial charge >= 0.3 is 5.97 Å². The highest BCUT2D eigenvalue weighted by Crippen LogP contribution is 2.45. The van der Waals surface area contributed by atoms with Crippen LogP contribution < -0.4 is 0 Å². The first kappa shape index (κ1) is 27.2. The summed E-state index contributed by atoms with van der Waals surface area (Å²) in [5.41, 5.74) is 3.64. The Kier molecular flexibility index (Phi) is 7.53. The summed E-state index contributed by atoms with van der Waals surface area (Å²) in [6, 6.07) is 11.2. The number of benzene rings is 1. The van der Waals surface area contributed by atoms with E-state index in [4.69, 9.17) is 0 Å². The van der Waals surface area contributed by atoms with E-state index in [0.29, 0.717) is 12.5 Å². The lowest BCUT2D eigenvalue weighted by molar-refractivity contribution is -0.156. The van der Waals surface area contributed by atoms with E-state index >= 15 is 0 Å². The summed E-state index contributed by atoms with van der Waals surface area (Å²) in [5.74, 6) is 0.0766. The van der Waals surface area contributed by atoms with Crippen molar-refractivity contribution in [3.8, 4) is 0 Å². The summed E-state index contributed by atoms with van der Waals surface area (Å²) in [6.07, 6.45) is 12.2. The lowest BCUT2D eigenvalue weighted by Crippen LogP contribution is -2.58. The number of aliphatic carboxylic acids is 1. The van der Waals surface area contributed by atoms with Gasteiger partial charge in [0.15, 0.2) is 0 Å². The van der Waals surface area contributed by atoms with E-state index in [1.165, 1.54) is 17.3 Å². The van der Waals surface area contributed by atoms with Gasteiger partial charge in [0, 0.05) is 49.6 Å². The molecule has 3 aliphatic rings. The van der Waals surface area contributed by atoms with Crippen LogP contribution in [0.1, 0.15) is 67.7 Å². The fourth-order valence-corrected chi connectivity index (χ4v) is 7.46. The third kappa shape index (κ3) is 4.99. The van der Waals surface area contributed by atoms with E-state index in [9.17, 15) is 14.3 Å². The van der Waals surface area contributed by atoms with Crippen molar-refractivity contribution in [3.05, 3.63) is 84.1 Å². The van der Waals surface area contributed by atoms with E-state index in [2.05, 4.69) is 44.1 Å². The fraction of sp³-hybridized carbons (Fsp3) is 0.515. The number of carboxylic acids is 1. The molecule has 3 aromatic rings. The molecule has 3 fully saturated rings. The quantitative estimate of drug-likeness (QED) is 0.348. The van der Waals surface area contributed by atoms with Crippen LogP contribution in [0.2, 0.25) is 0 Å². The summed E-state index contributed by atoms with van der Waals surface area (Å²) >= 11 is 0. The Morgan fingerprint density at radius 2 is 1.98 bits per heavy atom. The van der Waals surface area contributed by atoms with Gasteiger partial charge in [0.25, 0.3) is 0 Å². The molecule has 212 valence electrons. The minimum Gasteiger partial charge on any atom is -0.480 e. The highest BCUT2D eigenvalue weighted by atomic mass is 19.1. The number of carbonyl (C=O) groups is 1. The number of fused-ring (bicyclic) bond motifs is 1. The molecule has 0 spiro atoms. The molecule has 40 heavy (non-hydrogen) atoms. The first-order valence-corrected chi connectivity index (χ1v) is 14.9. The third-order valence-corrected chi connectivity index (χ3v) is 10.2. The molecule has 0 bridgehead atoms. The van der Waals surface area contributed by atoms with Crippen molar-refractivity contribution in [3.63, 3.8) is 0 Å². The summed E-state index contributed by atoms with van der Waals surface area (Å²) in [7, 11) is 0. The van der Waals surface area contributed by atoms with Crippen molar-refractivity contribution < 1.29 is 14.3 Å². The second-order valence-corrected chi connectivity index (χ2v) is 12.4. The number of carboxylic acid groups (broad SMARTS) is 1. The predicted octanol–water partition coefficient (Wildman–Crippen LogP) is 5.74. The zero-order chi connectivity index (χ0) is 27.9. The van der Waals surface area contributed by atoms with Gasteiger partial charge in [-0.2, -0.15) is 0 Å². The number of likely N-dealkylation sites (tertiary alicyclic amines) is 2. The predicted molar refractivity (Wildman–Crippen MR) is 155 cm³/mol. The lowest BCUT2D eigenvalue weighted by Gasteiger charge is -2.45. The van der Waals surface area contributed by atoms with Crippen LogP contribution in [-0.4, -0.2) is 68.5 Å². The SMILES string of the molecule is C=CCc1ccc2ncc(C3CCN(C[C@H]4CN([C@@](C)(C(=O)O)C5CCC5)C[C@@H]4c4cccc(F)c4)CC3)n2c1. The van der Waals surface area contributed by atoms with Crippen LogP contribution in [0.4, 0.5) is 4.39 Å². The maximum atomic E-state index is 14.3. The minimum atomic E-state index is -0.862. The van der Waals surface area contributed by atoms with E-state index in [1.807, 2.05) is 25.3 Å². The number of aromatic nitrogens is 2. The smallest absolute Gasteiger partial charge is 0.324 e. The van der Waals surface area contributed by atoms with Crippen LogP contribution >= 0.6 is 0 Å². The molecule has 6 rings (SSSR count). The summed E-state index contributed by atoms with van der Waals surface area (Å²) < 4.78 is 16.5. The van der Waals surface area contributed by atoms with Crippen molar-refractivity contribution in [1.29, 1.82) is 0 Å². The largest absolute Gasteiger partial charge is 0.480 e. The monoisotopic (exact) mass is 544 g/mol. The number of halogens is 1. The zero-order valence-corrected chi connectivity index (χ0v) is 23.5. The maximum Gasteiger partial charge on any atom is 0.324 e. The topological polar surface area (TPSA) is 61.1 Å². The Morgan fingerprint density at radius 1 is 1.18 bits per heavy atom. The number of hydrogen-bond acceptors (Lipinski definition) is 4. The zero-order valence-electron chi connectivity index (χ0n) is 23.5. The maximum absolute atomic E-state index is 14.3. The van der Waals surface area contributed by atoms with Crippen molar-refractivity contribution in [2.75, 3.05) is 32.7 Å². The summed E-state index contributed by atoms with van der Waals surface area (Å²) in [4.78, 5) is 22.0. The number of pyridine rings is 1. The van der Waals surface area contributed by atoms with Gasteiger partial charge in [0.1, 0.15) is 17.0 Å². The van der Waals surface area contributed by atoms with Crippen LogP contribution in [0.3, 0.4) is 0 Å². The third-order valence-electron chi connectivity index (χ3n) is 10.2. The van der Waals surface area contributed by atoms with Crippen molar-refractivity contribution in [2.24, 2.45) is 11.8 Å². The Balaban J connectivity index is 1.17. The molecule has 2 aliphatic heterocycles. The molecule has 1 saturated carbocycles. The number of rotatable bonds is 9. The van der Waals surface area contributed by atoms with Gasteiger partial charge < -0.3 is 14.4 Å². The highest BCUT2D eigenvalue weighted by Gasteiger charge is 2.52. The molecule has 1 aromatic carbocycles. The van der Waals surface area contributed by atoms with Gasteiger partial charge in [-0.25, -0.2) is 9.37 Å². The minimum absolute atomic E-state index is 0.120. The van der Waals surface area contributed by atoms with E-state index in [1.54, 1.807) is 12.1 Å². The fourth-order valence-electron chi connectivity index (χ4n) is 7.46. The Hall–Kier alpha value is -3.03. The number of nitrogens with zero attached hydrogens (tertiary/aromatic N) is 4. The second kappa shape index (κ2) is 11.1. The van der Waals surface area contributed by atoms with Gasteiger partial charge in [-0.3, -0.25) is 9.69 Å². The standard InChI is InChI=1S/C33H41FN4O2/c1-3-6-23-11-12-31-35-18-30(38(31)19-23)24-13-15-36(16-14-24)20-26-21-37(33(2,32(39)40)27-8-5-9-27)22-29(26)25-7-4-10-28(34)17-25/h3-4,7,10-12,17-19,24,26-27,29H,1,5-6,8-9,13-16,20-22H2,2H3,(H,39,40)/t26-,29+,33+/m0/s1. The first-order chi connectivity index (χ1) is 19.4. The average Bonchev–Trinajstić information content (AvgIpc) is 3.53. The molecular weight excluding hydrogens is 503 g/mol. The van der Waals surface area contributed by atoms with Crippen molar-refractivity contribution >= 4 is 11.6 Å². The molecule has 2 saturated heterocycles. The van der Waals surface area contributed by atoms with Crippen LogP contribution in [0.25, 0.3) is 5.65 Å². The highest BCUT2D eigenvalue weighted by molar-refractivity contribution is 5.79. The molecule has 6 nitrogen and oxygen atoms in total. The summed E-state index contributed by atoms with van der Waals surface area (Å²) in [5, 5.41) is 10.4. The second-order valence-electron chi connectivity index (χ2n) is 12.4. The van der Waals surface area contributed by atoms with Crippen LogP contribution in [-0.2, 0) is 11.2 Å². The van der Waals surface area contributed by atoms with Crippen molar-refractivity contribution in [2.45, 2.75) is 62.8 Å². The van der Waals surface area contributed by atoms with Gasteiger partial charge in [-0.1, -0.05) is 30.7 Å². The number of allylic oxidation sites excluding steroid dienone is 1. The van der Waals surface area contributed by atoms with Gasteiger partial charge in [0.2, 0.25) is 0 Å². The van der Waals surface area contributed by atoms with Crippen molar-refractivity contribution in [1.82, 2.24) is 19.2 Å². The molecule has 0 radical (unpaired) electrons. The Morgan fingerprint density at radius 3 is 2.65 bits per heavy atom. The van der Waals surface area contributed by atoms with Gasteiger partial charge in [0.05, 0.1) is 0 Å². The van der Waals surface area contributed by atoms with E-state index in [0.717, 1.165) is 75.9 Å². The van der Waals surface area contributed by atoms with Crippen LogP contribution in [0.5, 0.6) is 0 Å². The normalized spacial score (nSPS) is 24.6. The Labute approximate surface area is 236 Å². The number of hydrogen-bond donors (Lipinski definition) is 1. The summed E-state index contributed by atoms with van der Waals surface area (Å²) in [6.45, 7) is 10.1. The average molecular weight is 545 g/mol.